The molecule has 1 aromatic carbocycles. The molecule has 0 bridgehead atoms. The van der Waals surface area contributed by atoms with Crippen LogP contribution in [-0.4, -0.2) is 37.5 Å². The number of nitrogens with one attached hydrogen (secondary N) is 1. The highest BCUT2D eigenvalue weighted by Gasteiger charge is 2.20. The second-order valence-corrected chi connectivity index (χ2v) is 5.74. The second-order valence-electron chi connectivity index (χ2n) is 5.74. The van der Waals surface area contributed by atoms with Crippen LogP contribution in [0.15, 0.2) is 41.0 Å². The maximum absolute atomic E-state index is 12.1. The SMILES string of the molecule is C[C@H](NC(=O)COC(=O)c1ccc(N(C)C)c([N+](=O)[O-])c1)c1ccco1. The van der Waals surface area contributed by atoms with Gasteiger partial charge < -0.3 is 19.4 Å². The molecule has 0 saturated heterocycles. The summed E-state index contributed by atoms with van der Waals surface area (Å²) in [6.07, 6.45) is 1.49. The lowest BCUT2D eigenvalue weighted by atomic mass is 10.1. The molecule has 0 spiro atoms. The number of furan rings is 1. The number of nitro groups is 1. The third-order valence-corrected chi connectivity index (χ3v) is 3.57. The van der Waals surface area contributed by atoms with Gasteiger partial charge in [-0.15, -0.1) is 0 Å². The number of anilines is 1. The third kappa shape index (κ3) is 4.59. The van der Waals surface area contributed by atoms with Crippen molar-refractivity contribution in [3.05, 3.63) is 58.0 Å². The van der Waals surface area contributed by atoms with E-state index in [0.717, 1.165) is 6.07 Å². The smallest absolute Gasteiger partial charge is 0.338 e. The first-order chi connectivity index (χ1) is 12.3. The number of hydrogen-bond donors (Lipinski definition) is 1. The highest BCUT2D eigenvalue weighted by molar-refractivity contribution is 5.93. The highest BCUT2D eigenvalue weighted by Crippen LogP contribution is 2.27. The van der Waals surface area contributed by atoms with Crippen LogP contribution in [0, 0.1) is 10.1 Å². The number of hydrogen-bond acceptors (Lipinski definition) is 7. The van der Waals surface area contributed by atoms with Gasteiger partial charge in [-0.1, -0.05) is 0 Å². The number of esters is 1. The molecule has 0 fully saturated rings. The van der Waals surface area contributed by atoms with Crippen molar-refractivity contribution in [2.75, 3.05) is 25.6 Å². The molecule has 1 amide bonds. The second kappa shape index (κ2) is 8.15. The van der Waals surface area contributed by atoms with Crippen LogP contribution in [0.2, 0.25) is 0 Å². The maximum Gasteiger partial charge on any atom is 0.338 e. The van der Waals surface area contributed by atoms with Crippen LogP contribution in [0.3, 0.4) is 0 Å². The zero-order valence-corrected chi connectivity index (χ0v) is 14.6. The van der Waals surface area contributed by atoms with Gasteiger partial charge in [-0.25, -0.2) is 4.79 Å². The molecule has 0 radical (unpaired) electrons. The van der Waals surface area contributed by atoms with Crippen LogP contribution < -0.4 is 10.2 Å². The predicted octanol–water partition coefficient (Wildman–Crippen LogP) is 2.29. The Bertz CT molecular complexity index is 801. The fourth-order valence-electron chi connectivity index (χ4n) is 2.28. The van der Waals surface area contributed by atoms with E-state index >= 15 is 0 Å². The Morgan fingerprint density at radius 2 is 2.08 bits per heavy atom. The lowest BCUT2D eigenvalue weighted by molar-refractivity contribution is -0.384. The zero-order valence-electron chi connectivity index (χ0n) is 14.6. The molecule has 0 aliphatic rings. The predicted molar refractivity (Wildman–Crippen MR) is 93.0 cm³/mol. The van der Waals surface area contributed by atoms with Crippen LogP contribution in [0.1, 0.15) is 29.1 Å². The standard InChI is InChI=1S/C17H19N3O6/c1-11(15-5-4-8-25-15)18-16(21)10-26-17(22)12-6-7-13(19(2)3)14(9-12)20(23)24/h4-9,11H,10H2,1-3H3,(H,18,21)/t11-/m0/s1. The van der Waals surface area contributed by atoms with Crippen LogP contribution in [0.25, 0.3) is 0 Å². The van der Waals surface area contributed by atoms with Crippen LogP contribution in [0.5, 0.6) is 0 Å². The molecule has 2 rings (SSSR count). The van der Waals surface area contributed by atoms with E-state index in [4.69, 9.17) is 9.15 Å². The Morgan fingerprint density at radius 3 is 2.65 bits per heavy atom. The van der Waals surface area contributed by atoms with Gasteiger partial charge in [-0.2, -0.15) is 0 Å². The number of nitro benzene ring substituents is 1. The molecule has 0 saturated carbocycles. The summed E-state index contributed by atoms with van der Waals surface area (Å²) >= 11 is 0. The number of amides is 1. The topological polar surface area (TPSA) is 115 Å². The molecule has 0 aliphatic carbocycles. The number of carbonyl (C=O) groups is 2. The molecule has 9 heteroatoms. The third-order valence-electron chi connectivity index (χ3n) is 3.57. The summed E-state index contributed by atoms with van der Waals surface area (Å²) in [6, 6.07) is 7.02. The van der Waals surface area contributed by atoms with Gasteiger partial charge in [0.1, 0.15) is 11.4 Å². The van der Waals surface area contributed by atoms with Gasteiger partial charge in [0, 0.05) is 20.2 Å². The molecular formula is C17H19N3O6. The average molecular weight is 361 g/mol. The Balaban J connectivity index is 1.98. The number of ether oxygens (including phenoxy) is 1. The molecule has 2 aromatic rings. The van der Waals surface area contributed by atoms with E-state index < -0.39 is 23.4 Å². The maximum atomic E-state index is 12.1. The molecule has 0 aliphatic heterocycles. The number of carbonyl (C=O) groups excluding carboxylic acids is 2. The average Bonchev–Trinajstić information content (AvgIpc) is 3.13. The van der Waals surface area contributed by atoms with E-state index in [1.165, 1.54) is 18.4 Å². The Kier molecular flexibility index (Phi) is 5.94. The largest absolute Gasteiger partial charge is 0.467 e. The molecule has 9 nitrogen and oxygen atoms in total. The summed E-state index contributed by atoms with van der Waals surface area (Å²) in [5.41, 5.74) is 0.131. The summed E-state index contributed by atoms with van der Waals surface area (Å²) in [5.74, 6) is -0.763. The lowest BCUT2D eigenvalue weighted by Crippen LogP contribution is -2.31. The van der Waals surface area contributed by atoms with Crippen molar-refractivity contribution in [1.82, 2.24) is 5.32 Å². The van der Waals surface area contributed by atoms with Crippen molar-refractivity contribution < 1.29 is 23.7 Å². The van der Waals surface area contributed by atoms with E-state index in [2.05, 4.69) is 5.32 Å². The minimum atomic E-state index is -0.820. The van der Waals surface area contributed by atoms with Gasteiger partial charge in [0.2, 0.25) is 0 Å². The fraction of sp³-hybridized carbons (Fsp3) is 0.294. The molecule has 138 valence electrons. The summed E-state index contributed by atoms with van der Waals surface area (Å²) in [6.45, 7) is 1.22. The molecule has 26 heavy (non-hydrogen) atoms. The Labute approximate surface area is 149 Å². The number of rotatable bonds is 7. The molecule has 1 heterocycles. The van der Waals surface area contributed by atoms with E-state index in [-0.39, 0.29) is 17.3 Å². The quantitative estimate of drug-likeness (QED) is 0.457. The van der Waals surface area contributed by atoms with Crippen LogP contribution >= 0.6 is 0 Å². The first-order valence-corrected chi connectivity index (χ1v) is 7.75. The minimum Gasteiger partial charge on any atom is -0.467 e. The molecule has 0 unspecified atom stereocenters. The minimum absolute atomic E-state index is 0.00539. The fourth-order valence-corrected chi connectivity index (χ4v) is 2.28. The monoisotopic (exact) mass is 361 g/mol. The van der Waals surface area contributed by atoms with E-state index in [0.29, 0.717) is 11.4 Å². The first-order valence-electron chi connectivity index (χ1n) is 7.75. The summed E-state index contributed by atoms with van der Waals surface area (Å²) in [5, 5.41) is 13.8. The Hall–Kier alpha value is -3.36. The Morgan fingerprint density at radius 1 is 1.35 bits per heavy atom. The zero-order chi connectivity index (χ0) is 19.3. The lowest BCUT2D eigenvalue weighted by Gasteiger charge is -2.14. The molecular weight excluding hydrogens is 342 g/mol. The van der Waals surface area contributed by atoms with Gasteiger partial charge >= 0.3 is 5.97 Å². The van der Waals surface area contributed by atoms with E-state index in [1.54, 1.807) is 38.1 Å². The number of nitrogens with zero attached hydrogens (tertiary/aromatic N) is 2. The van der Waals surface area contributed by atoms with Gasteiger partial charge in [-0.3, -0.25) is 14.9 Å². The normalized spacial score (nSPS) is 11.5. The van der Waals surface area contributed by atoms with Crippen LogP contribution in [0.4, 0.5) is 11.4 Å². The molecule has 1 aromatic heterocycles. The van der Waals surface area contributed by atoms with Crippen molar-refractivity contribution >= 4 is 23.3 Å². The highest BCUT2D eigenvalue weighted by atomic mass is 16.6. The van der Waals surface area contributed by atoms with Gasteiger partial charge in [0.05, 0.1) is 22.8 Å². The van der Waals surface area contributed by atoms with Crippen molar-refractivity contribution in [1.29, 1.82) is 0 Å². The van der Waals surface area contributed by atoms with Gasteiger partial charge in [0.25, 0.3) is 11.6 Å². The van der Waals surface area contributed by atoms with Crippen LogP contribution in [-0.2, 0) is 9.53 Å². The van der Waals surface area contributed by atoms with Crippen molar-refractivity contribution in [2.24, 2.45) is 0 Å². The van der Waals surface area contributed by atoms with E-state index in [9.17, 15) is 19.7 Å². The summed E-state index contributed by atoms with van der Waals surface area (Å²) in [7, 11) is 3.32. The van der Waals surface area contributed by atoms with Crippen molar-refractivity contribution in [3.63, 3.8) is 0 Å². The van der Waals surface area contributed by atoms with Gasteiger partial charge in [-0.05, 0) is 31.2 Å². The van der Waals surface area contributed by atoms with Gasteiger partial charge in [0.15, 0.2) is 6.61 Å². The van der Waals surface area contributed by atoms with E-state index in [1.807, 2.05) is 0 Å². The first kappa shape index (κ1) is 19.0. The molecule has 1 atom stereocenters. The van der Waals surface area contributed by atoms with Crippen molar-refractivity contribution in [3.8, 4) is 0 Å². The molecule has 1 N–H and O–H groups in total. The summed E-state index contributed by atoms with van der Waals surface area (Å²) < 4.78 is 10.1. The van der Waals surface area contributed by atoms with Crippen molar-refractivity contribution in [2.45, 2.75) is 13.0 Å². The summed E-state index contributed by atoms with van der Waals surface area (Å²) in [4.78, 5) is 36.1. The number of benzene rings is 1.